The lowest BCUT2D eigenvalue weighted by Crippen LogP contribution is -3.10. The molecule has 0 amide bonds. The number of rotatable bonds is 9. The third kappa shape index (κ3) is 9.07. The van der Waals surface area contributed by atoms with Crippen LogP contribution in [0.3, 0.4) is 0 Å². The molecule has 1 nitrogen and oxygen atoms in total. The van der Waals surface area contributed by atoms with Gasteiger partial charge in [0.15, 0.2) is 0 Å². The minimum absolute atomic E-state index is 0. The quantitative estimate of drug-likeness (QED) is 0.575. The average molecular weight is 306 g/mol. The highest BCUT2D eigenvalue weighted by molar-refractivity contribution is 4.55. The molecule has 0 aromatic heterocycles. The van der Waals surface area contributed by atoms with Gasteiger partial charge in [-0.05, 0) is 12.8 Å². The van der Waals surface area contributed by atoms with Crippen LogP contribution < -0.4 is 21.9 Å². The highest BCUT2D eigenvalue weighted by atomic mass is 79.9. The molecule has 2 atom stereocenters. The average Bonchev–Trinajstić information content (AvgIpc) is 2.68. The van der Waals surface area contributed by atoms with Gasteiger partial charge in [0.1, 0.15) is 0 Å². The van der Waals surface area contributed by atoms with E-state index in [1.54, 1.807) is 0 Å². The number of hydrogen-bond donors (Lipinski definition) is 1. The van der Waals surface area contributed by atoms with Crippen molar-refractivity contribution in [2.24, 2.45) is 5.92 Å². The first-order valence-electron chi connectivity index (χ1n) is 7.66. The van der Waals surface area contributed by atoms with Gasteiger partial charge in [-0.25, -0.2) is 0 Å². The lowest BCUT2D eigenvalue weighted by molar-refractivity contribution is -0.889. The summed E-state index contributed by atoms with van der Waals surface area (Å²) in [5.41, 5.74) is 0. The zero-order valence-corrected chi connectivity index (χ0v) is 13.5. The standard InChI is InChI=1S/C15H31N.BrH/c1-3-4-5-6-7-8-9-10-12-16-13-11-15(2)14-16;/h15H,3-14H2,1-2H3;1H. The van der Waals surface area contributed by atoms with E-state index in [1.165, 1.54) is 77.4 Å². The van der Waals surface area contributed by atoms with Crippen molar-refractivity contribution in [1.29, 1.82) is 0 Å². The van der Waals surface area contributed by atoms with Crippen molar-refractivity contribution >= 4 is 0 Å². The number of quaternary nitrogens is 1. The van der Waals surface area contributed by atoms with E-state index in [0.29, 0.717) is 0 Å². The Morgan fingerprint density at radius 1 is 0.941 bits per heavy atom. The zero-order chi connectivity index (χ0) is 11.6. The molecule has 0 bridgehead atoms. The van der Waals surface area contributed by atoms with Crippen LogP contribution in [0.5, 0.6) is 0 Å². The van der Waals surface area contributed by atoms with Crippen molar-refractivity contribution in [1.82, 2.24) is 0 Å². The minimum Gasteiger partial charge on any atom is -1.00 e. The minimum atomic E-state index is 0. The Morgan fingerprint density at radius 2 is 1.53 bits per heavy atom. The molecule has 1 fully saturated rings. The number of likely N-dealkylation sites (tertiary alicyclic amines) is 1. The highest BCUT2D eigenvalue weighted by Crippen LogP contribution is 2.08. The lowest BCUT2D eigenvalue weighted by Gasteiger charge is -2.12. The van der Waals surface area contributed by atoms with Crippen LogP contribution in [-0.2, 0) is 0 Å². The molecular formula is C15H32BrN. The highest BCUT2D eigenvalue weighted by Gasteiger charge is 2.21. The van der Waals surface area contributed by atoms with E-state index in [9.17, 15) is 0 Å². The monoisotopic (exact) mass is 305 g/mol. The zero-order valence-electron chi connectivity index (χ0n) is 11.9. The first-order chi connectivity index (χ1) is 7.83. The van der Waals surface area contributed by atoms with Crippen LogP contribution >= 0.6 is 0 Å². The van der Waals surface area contributed by atoms with Gasteiger partial charge in [0.25, 0.3) is 0 Å². The lowest BCUT2D eigenvalue weighted by atomic mass is 10.1. The third-order valence-corrected chi connectivity index (χ3v) is 4.01. The molecule has 0 saturated carbocycles. The van der Waals surface area contributed by atoms with Crippen LogP contribution in [-0.4, -0.2) is 19.6 Å². The van der Waals surface area contributed by atoms with Crippen LogP contribution in [0.4, 0.5) is 0 Å². The predicted molar refractivity (Wildman–Crippen MR) is 72.0 cm³/mol. The normalized spacial score (nSPS) is 23.6. The van der Waals surface area contributed by atoms with Gasteiger partial charge in [-0.15, -0.1) is 0 Å². The van der Waals surface area contributed by atoms with Gasteiger partial charge in [0, 0.05) is 12.3 Å². The predicted octanol–water partition coefficient (Wildman–Crippen LogP) is 0.0558. The van der Waals surface area contributed by atoms with Crippen LogP contribution in [0.15, 0.2) is 0 Å². The van der Waals surface area contributed by atoms with Crippen molar-refractivity contribution < 1.29 is 21.9 Å². The maximum absolute atomic E-state index is 2.40. The maximum Gasteiger partial charge on any atom is 0.0799 e. The van der Waals surface area contributed by atoms with Crippen LogP contribution in [0.25, 0.3) is 0 Å². The molecule has 0 radical (unpaired) electrons. The first-order valence-corrected chi connectivity index (χ1v) is 7.66. The molecule has 0 aromatic rings. The van der Waals surface area contributed by atoms with Gasteiger partial charge in [-0.3, -0.25) is 0 Å². The van der Waals surface area contributed by atoms with Crippen molar-refractivity contribution in [3.8, 4) is 0 Å². The van der Waals surface area contributed by atoms with Gasteiger partial charge < -0.3 is 21.9 Å². The second-order valence-corrected chi connectivity index (χ2v) is 5.82. The van der Waals surface area contributed by atoms with Crippen LogP contribution in [0, 0.1) is 5.92 Å². The largest absolute Gasteiger partial charge is 1.00 e. The fourth-order valence-corrected chi connectivity index (χ4v) is 2.88. The molecule has 1 aliphatic rings. The van der Waals surface area contributed by atoms with E-state index in [4.69, 9.17) is 0 Å². The number of unbranched alkanes of at least 4 members (excludes halogenated alkanes) is 7. The number of halogens is 1. The second kappa shape index (κ2) is 11.5. The molecule has 1 heterocycles. The summed E-state index contributed by atoms with van der Waals surface area (Å²) in [5.74, 6) is 0.990. The summed E-state index contributed by atoms with van der Waals surface area (Å²) in [6.07, 6.45) is 13.1. The Balaban J connectivity index is 0.00000256. The van der Waals surface area contributed by atoms with Gasteiger partial charge in [0.05, 0.1) is 19.6 Å². The van der Waals surface area contributed by atoms with Gasteiger partial charge in [-0.1, -0.05) is 52.4 Å². The molecule has 0 spiro atoms. The van der Waals surface area contributed by atoms with Crippen molar-refractivity contribution in [2.45, 2.75) is 71.6 Å². The molecule has 2 heteroatoms. The molecule has 1 aliphatic heterocycles. The van der Waals surface area contributed by atoms with E-state index in [1.807, 2.05) is 4.90 Å². The fraction of sp³-hybridized carbons (Fsp3) is 1.00. The molecule has 0 aromatic carbocycles. The van der Waals surface area contributed by atoms with Crippen LogP contribution in [0.2, 0.25) is 0 Å². The molecule has 0 aliphatic carbocycles. The molecule has 1 N–H and O–H groups in total. The summed E-state index contributed by atoms with van der Waals surface area (Å²) in [7, 11) is 0. The van der Waals surface area contributed by atoms with Gasteiger partial charge in [-0.2, -0.15) is 0 Å². The first kappa shape index (κ1) is 17.4. The number of hydrogen-bond acceptors (Lipinski definition) is 0. The smallest absolute Gasteiger partial charge is 0.0799 e. The van der Waals surface area contributed by atoms with Gasteiger partial charge >= 0.3 is 0 Å². The van der Waals surface area contributed by atoms with Crippen molar-refractivity contribution in [3.63, 3.8) is 0 Å². The van der Waals surface area contributed by atoms with E-state index >= 15 is 0 Å². The Kier molecular flexibility index (Phi) is 11.8. The molecule has 104 valence electrons. The Labute approximate surface area is 119 Å². The number of nitrogens with one attached hydrogen (secondary N) is 1. The molecule has 1 rings (SSSR count). The summed E-state index contributed by atoms with van der Waals surface area (Å²) in [6, 6.07) is 0. The maximum atomic E-state index is 2.40. The van der Waals surface area contributed by atoms with Crippen molar-refractivity contribution in [3.05, 3.63) is 0 Å². The summed E-state index contributed by atoms with van der Waals surface area (Å²) < 4.78 is 0. The molecular weight excluding hydrogens is 274 g/mol. The van der Waals surface area contributed by atoms with E-state index < -0.39 is 0 Å². The Morgan fingerprint density at radius 3 is 2.06 bits per heavy atom. The molecule has 17 heavy (non-hydrogen) atoms. The Bertz CT molecular complexity index is 161. The molecule has 1 saturated heterocycles. The topological polar surface area (TPSA) is 4.44 Å². The Hall–Kier alpha value is 0.440. The summed E-state index contributed by atoms with van der Waals surface area (Å²) >= 11 is 0. The van der Waals surface area contributed by atoms with Gasteiger partial charge in [0.2, 0.25) is 0 Å². The third-order valence-electron chi connectivity index (χ3n) is 4.01. The SMILES string of the molecule is CCCCCCCCCC[NH+]1CCC(C)C1.[Br-]. The summed E-state index contributed by atoms with van der Waals surface area (Å²) in [5, 5.41) is 0. The molecule has 2 unspecified atom stereocenters. The van der Waals surface area contributed by atoms with E-state index in [0.717, 1.165) is 5.92 Å². The van der Waals surface area contributed by atoms with E-state index in [-0.39, 0.29) is 17.0 Å². The van der Waals surface area contributed by atoms with E-state index in [2.05, 4.69) is 13.8 Å². The fourth-order valence-electron chi connectivity index (χ4n) is 2.88. The summed E-state index contributed by atoms with van der Waals surface area (Å²) in [6.45, 7) is 9.02. The van der Waals surface area contributed by atoms with Crippen molar-refractivity contribution in [2.75, 3.05) is 19.6 Å². The van der Waals surface area contributed by atoms with Crippen LogP contribution in [0.1, 0.15) is 71.6 Å². The summed E-state index contributed by atoms with van der Waals surface area (Å²) in [4.78, 5) is 1.87. The second-order valence-electron chi connectivity index (χ2n) is 5.82.